The zero-order valence-electron chi connectivity index (χ0n) is 17.5. The van der Waals surface area contributed by atoms with Gasteiger partial charge >= 0.3 is 5.97 Å². The van der Waals surface area contributed by atoms with E-state index in [-0.39, 0.29) is 24.3 Å². The highest BCUT2D eigenvalue weighted by Crippen LogP contribution is 2.50. The molecule has 33 heavy (non-hydrogen) atoms. The van der Waals surface area contributed by atoms with E-state index in [1.165, 1.54) is 12.1 Å². The van der Waals surface area contributed by atoms with Crippen LogP contribution in [0.25, 0.3) is 6.08 Å². The first-order chi connectivity index (χ1) is 16.0. The van der Waals surface area contributed by atoms with Crippen LogP contribution in [-0.4, -0.2) is 47.6 Å². The van der Waals surface area contributed by atoms with Crippen molar-refractivity contribution >= 4 is 12.0 Å². The van der Waals surface area contributed by atoms with Crippen molar-refractivity contribution in [1.29, 1.82) is 0 Å². The normalized spacial score (nSPS) is 27.3. The molecule has 0 aromatic heterocycles. The third-order valence-electron chi connectivity index (χ3n) is 6.86. The zero-order valence-corrected chi connectivity index (χ0v) is 17.5. The minimum absolute atomic E-state index is 0.0256. The number of carbonyl (C=O) groups excluding carboxylic acids is 1. The van der Waals surface area contributed by atoms with E-state index in [9.17, 15) is 18.7 Å². The minimum Gasteiger partial charge on any atom is -0.455 e. The monoisotopic (exact) mass is 453 g/mol. The maximum atomic E-state index is 13.9. The quantitative estimate of drug-likeness (QED) is 0.437. The highest BCUT2D eigenvalue weighted by molar-refractivity contribution is 5.87. The van der Waals surface area contributed by atoms with Crippen molar-refractivity contribution < 1.29 is 32.9 Å². The Kier molecular flexibility index (Phi) is 4.74. The molecule has 2 aromatic rings. The van der Waals surface area contributed by atoms with Gasteiger partial charge in [0.25, 0.3) is 0 Å². The first-order valence-corrected chi connectivity index (χ1v) is 10.9. The molecule has 0 amide bonds. The van der Waals surface area contributed by atoms with Crippen molar-refractivity contribution in [1.82, 2.24) is 4.90 Å². The fraction of sp³-hybridized carbons (Fsp3) is 0.320. The van der Waals surface area contributed by atoms with Crippen LogP contribution < -0.4 is 9.47 Å². The van der Waals surface area contributed by atoms with E-state index in [2.05, 4.69) is 4.90 Å². The van der Waals surface area contributed by atoms with Crippen molar-refractivity contribution in [3.63, 3.8) is 0 Å². The van der Waals surface area contributed by atoms with Gasteiger partial charge in [-0.1, -0.05) is 11.6 Å². The van der Waals surface area contributed by atoms with E-state index in [0.29, 0.717) is 11.5 Å². The molecule has 1 aliphatic carbocycles. The summed E-state index contributed by atoms with van der Waals surface area (Å²) in [5.41, 5.74) is 3.24. The molecule has 4 atom stereocenters. The fourth-order valence-electron chi connectivity index (χ4n) is 5.44. The summed E-state index contributed by atoms with van der Waals surface area (Å²) in [5, 5.41) is 10.9. The summed E-state index contributed by atoms with van der Waals surface area (Å²) in [6, 6.07) is 7.03. The smallest absolute Gasteiger partial charge is 0.331 e. The van der Waals surface area contributed by atoms with Crippen LogP contribution >= 0.6 is 0 Å². The molecule has 0 radical (unpaired) electrons. The Bertz CT molecular complexity index is 1210. The first-order valence-electron chi connectivity index (χ1n) is 10.9. The van der Waals surface area contributed by atoms with E-state index in [1.54, 1.807) is 6.08 Å². The Balaban J connectivity index is 1.32. The van der Waals surface area contributed by atoms with Gasteiger partial charge in [-0.2, -0.15) is 0 Å². The van der Waals surface area contributed by atoms with Gasteiger partial charge in [0.1, 0.15) is 23.8 Å². The second kappa shape index (κ2) is 7.67. The molecule has 1 fully saturated rings. The molecular formula is C25H21F2NO5. The third kappa shape index (κ3) is 3.41. The summed E-state index contributed by atoms with van der Waals surface area (Å²) in [4.78, 5) is 15.0. The Morgan fingerprint density at radius 1 is 1.18 bits per heavy atom. The number of halogens is 2. The molecule has 170 valence electrons. The topological polar surface area (TPSA) is 68.2 Å². The molecule has 2 aromatic carbocycles. The molecule has 3 aliphatic heterocycles. The second-order valence-corrected chi connectivity index (χ2v) is 8.73. The Labute approximate surface area is 188 Å². The Morgan fingerprint density at radius 2 is 2.00 bits per heavy atom. The lowest BCUT2D eigenvalue weighted by Gasteiger charge is -2.45. The number of nitrogens with zero attached hydrogens (tertiary/aromatic N) is 1. The van der Waals surface area contributed by atoms with Gasteiger partial charge in [0.2, 0.25) is 6.79 Å². The first kappa shape index (κ1) is 20.4. The highest BCUT2D eigenvalue weighted by atomic mass is 19.1. The summed E-state index contributed by atoms with van der Waals surface area (Å²) >= 11 is 0. The Morgan fingerprint density at radius 3 is 2.82 bits per heavy atom. The molecule has 8 heteroatoms. The summed E-state index contributed by atoms with van der Waals surface area (Å²) in [5.74, 6) is -1.13. The number of hydrogen-bond acceptors (Lipinski definition) is 6. The van der Waals surface area contributed by atoms with Gasteiger partial charge in [0, 0.05) is 42.8 Å². The van der Waals surface area contributed by atoms with E-state index in [1.807, 2.05) is 12.1 Å². The van der Waals surface area contributed by atoms with Crippen LogP contribution in [0.15, 0.2) is 48.1 Å². The molecule has 1 saturated heterocycles. The lowest BCUT2D eigenvalue weighted by Crippen LogP contribution is -2.51. The molecule has 2 unspecified atom stereocenters. The number of rotatable bonds is 3. The van der Waals surface area contributed by atoms with Crippen LogP contribution in [0.5, 0.6) is 11.5 Å². The van der Waals surface area contributed by atoms with E-state index in [4.69, 9.17) is 14.2 Å². The van der Waals surface area contributed by atoms with Crippen LogP contribution in [0.3, 0.4) is 0 Å². The van der Waals surface area contributed by atoms with E-state index < -0.39 is 29.8 Å². The summed E-state index contributed by atoms with van der Waals surface area (Å²) < 4.78 is 43.9. The molecule has 0 saturated carbocycles. The molecule has 6 rings (SSSR count). The minimum atomic E-state index is -0.975. The van der Waals surface area contributed by atoms with Gasteiger partial charge in [-0.15, -0.1) is 0 Å². The average Bonchev–Trinajstić information content (AvgIpc) is 3.40. The molecular weight excluding hydrogens is 432 g/mol. The standard InChI is InChI=1S/C25H21F2NO5/c26-16-3-1-13(18(27)9-16)2-4-22(30)33-25-19(29)7-14-5-6-28-11-15-8-20-21(32-12-31-20)10-17(15)23(25)24(14)28/h1-4,7-10,19,23-25,29H,5-6,11-12H2/b4-2+/t19-,23?,24?,25+/m0/s1. The Hall–Kier alpha value is -3.23. The number of aliphatic hydroxyl groups excluding tert-OH is 1. The second-order valence-electron chi connectivity index (χ2n) is 8.73. The maximum absolute atomic E-state index is 13.9. The van der Waals surface area contributed by atoms with Crippen LogP contribution in [0.4, 0.5) is 8.78 Å². The van der Waals surface area contributed by atoms with Gasteiger partial charge < -0.3 is 19.3 Å². The lowest BCUT2D eigenvalue weighted by molar-refractivity contribution is -0.150. The molecule has 0 bridgehead atoms. The number of hydrogen-bond donors (Lipinski definition) is 1. The number of carbonyl (C=O) groups is 1. The van der Waals surface area contributed by atoms with Crippen molar-refractivity contribution in [3.8, 4) is 11.5 Å². The number of esters is 1. The van der Waals surface area contributed by atoms with Crippen molar-refractivity contribution in [2.45, 2.75) is 37.1 Å². The maximum Gasteiger partial charge on any atom is 0.331 e. The fourth-order valence-corrected chi connectivity index (χ4v) is 5.44. The number of ether oxygens (including phenoxy) is 3. The SMILES string of the molecule is O=C(/C=C/c1ccc(F)cc1F)O[C@H]1C2c3cc4c(cc3CN3CCC(=C[C@@H]1O)C23)OCO4. The third-order valence-corrected chi connectivity index (χ3v) is 6.86. The van der Waals surface area contributed by atoms with Crippen molar-refractivity contribution in [2.24, 2.45) is 0 Å². The predicted octanol–water partition coefficient (Wildman–Crippen LogP) is 3.29. The van der Waals surface area contributed by atoms with Crippen LogP contribution in [0.1, 0.15) is 29.0 Å². The highest BCUT2D eigenvalue weighted by Gasteiger charge is 2.50. The van der Waals surface area contributed by atoms with Crippen molar-refractivity contribution in [2.75, 3.05) is 13.3 Å². The predicted molar refractivity (Wildman–Crippen MR) is 113 cm³/mol. The van der Waals surface area contributed by atoms with Gasteiger partial charge in [-0.05, 0) is 47.9 Å². The van der Waals surface area contributed by atoms with Gasteiger partial charge in [0.05, 0.1) is 0 Å². The van der Waals surface area contributed by atoms with Crippen molar-refractivity contribution in [3.05, 3.63) is 76.4 Å². The summed E-state index contributed by atoms with van der Waals surface area (Å²) in [6.45, 7) is 1.76. The van der Waals surface area contributed by atoms with Crippen LogP contribution in [0.2, 0.25) is 0 Å². The largest absolute Gasteiger partial charge is 0.455 e. The average molecular weight is 453 g/mol. The number of aliphatic hydroxyl groups is 1. The summed E-state index contributed by atoms with van der Waals surface area (Å²) in [7, 11) is 0. The molecule has 1 N–H and O–H groups in total. The van der Waals surface area contributed by atoms with Crippen LogP contribution in [-0.2, 0) is 16.1 Å². The summed E-state index contributed by atoms with van der Waals surface area (Å²) in [6.07, 6.45) is 3.18. The molecule has 0 spiro atoms. The zero-order chi connectivity index (χ0) is 22.7. The van der Waals surface area contributed by atoms with Gasteiger partial charge in [-0.3, -0.25) is 4.90 Å². The molecule has 6 nitrogen and oxygen atoms in total. The van der Waals surface area contributed by atoms with Crippen LogP contribution in [0, 0.1) is 11.6 Å². The molecule has 3 heterocycles. The molecule has 4 aliphatic rings. The van der Waals surface area contributed by atoms with E-state index >= 15 is 0 Å². The number of fused-ring (bicyclic) bond motifs is 3. The number of benzene rings is 2. The van der Waals surface area contributed by atoms with Gasteiger partial charge in [-0.25, -0.2) is 13.6 Å². The van der Waals surface area contributed by atoms with E-state index in [0.717, 1.165) is 54.4 Å². The lowest BCUT2D eigenvalue weighted by atomic mass is 9.73. The van der Waals surface area contributed by atoms with Gasteiger partial charge in [0.15, 0.2) is 11.5 Å².